The summed E-state index contributed by atoms with van der Waals surface area (Å²) in [4.78, 5) is 10.4. The van der Waals surface area contributed by atoms with Crippen LogP contribution in [-0.4, -0.2) is 17.1 Å². The molecule has 0 saturated carbocycles. The maximum Gasteiger partial charge on any atom is 0.320 e. The van der Waals surface area contributed by atoms with Gasteiger partial charge in [0.2, 0.25) is 0 Å². The first-order valence-corrected chi connectivity index (χ1v) is 4.41. The third-order valence-electron chi connectivity index (χ3n) is 1.85. The zero-order valence-electron chi connectivity index (χ0n) is 7.51. The molecule has 0 amide bonds. The van der Waals surface area contributed by atoms with Crippen molar-refractivity contribution in [2.45, 2.75) is 12.5 Å². The molecule has 1 aromatic rings. The molecule has 0 aliphatic carbocycles. The summed E-state index contributed by atoms with van der Waals surface area (Å²) in [6, 6.07) is 0.485. The van der Waals surface area contributed by atoms with E-state index in [9.17, 15) is 13.6 Å². The smallest absolute Gasteiger partial charge is 0.320 e. The lowest BCUT2D eigenvalue weighted by molar-refractivity contribution is -0.138. The fraction of sp³-hybridized carbons (Fsp3) is 0.222. The minimum absolute atomic E-state index is 0.0855. The average molecular weight is 236 g/mol. The van der Waals surface area contributed by atoms with Crippen LogP contribution in [-0.2, 0) is 11.2 Å². The number of hydrogen-bond acceptors (Lipinski definition) is 2. The molecule has 0 aliphatic rings. The lowest BCUT2D eigenvalue weighted by Gasteiger charge is -2.08. The van der Waals surface area contributed by atoms with Gasteiger partial charge in [-0.1, -0.05) is 11.6 Å². The van der Waals surface area contributed by atoms with Gasteiger partial charge < -0.3 is 10.8 Å². The second-order valence-corrected chi connectivity index (χ2v) is 3.43. The van der Waals surface area contributed by atoms with E-state index in [1.807, 2.05) is 0 Å². The predicted octanol–water partition coefficient (Wildman–Crippen LogP) is 1.57. The highest BCUT2D eigenvalue weighted by molar-refractivity contribution is 6.30. The van der Waals surface area contributed by atoms with Gasteiger partial charge in [0, 0.05) is 17.0 Å². The van der Waals surface area contributed by atoms with Gasteiger partial charge in [0.15, 0.2) is 0 Å². The van der Waals surface area contributed by atoms with E-state index in [0.717, 1.165) is 12.1 Å². The van der Waals surface area contributed by atoms with Crippen LogP contribution in [0.15, 0.2) is 12.1 Å². The van der Waals surface area contributed by atoms with Crippen molar-refractivity contribution in [1.29, 1.82) is 0 Å². The number of halogens is 3. The summed E-state index contributed by atoms with van der Waals surface area (Å²) < 4.78 is 26.3. The van der Waals surface area contributed by atoms with Crippen molar-refractivity contribution < 1.29 is 18.7 Å². The fourth-order valence-corrected chi connectivity index (χ4v) is 1.27. The molecule has 0 spiro atoms. The lowest BCUT2D eigenvalue weighted by Crippen LogP contribution is -2.32. The predicted molar refractivity (Wildman–Crippen MR) is 50.7 cm³/mol. The van der Waals surface area contributed by atoms with Gasteiger partial charge in [0.05, 0.1) is 0 Å². The third-order valence-corrected chi connectivity index (χ3v) is 2.07. The molecular formula is C9H8ClF2NO2. The Morgan fingerprint density at radius 2 is 1.93 bits per heavy atom. The summed E-state index contributed by atoms with van der Waals surface area (Å²) in [6.07, 6.45) is -0.413. The van der Waals surface area contributed by atoms with Crippen LogP contribution in [0.25, 0.3) is 0 Å². The van der Waals surface area contributed by atoms with Crippen molar-refractivity contribution in [2.75, 3.05) is 0 Å². The van der Waals surface area contributed by atoms with E-state index in [2.05, 4.69) is 0 Å². The highest BCUT2D eigenvalue weighted by Crippen LogP contribution is 2.19. The van der Waals surface area contributed by atoms with E-state index >= 15 is 0 Å². The molecule has 0 heterocycles. The Kier molecular flexibility index (Phi) is 3.60. The lowest BCUT2D eigenvalue weighted by atomic mass is 10.1. The molecule has 0 bridgehead atoms. The molecule has 0 radical (unpaired) electrons. The molecule has 0 saturated heterocycles. The van der Waals surface area contributed by atoms with Gasteiger partial charge in [-0.15, -0.1) is 0 Å². The topological polar surface area (TPSA) is 63.3 Å². The first-order valence-electron chi connectivity index (χ1n) is 4.03. The zero-order chi connectivity index (χ0) is 11.6. The van der Waals surface area contributed by atoms with Crippen LogP contribution in [0.3, 0.4) is 0 Å². The van der Waals surface area contributed by atoms with Crippen molar-refractivity contribution in [1.82, 2.24) is 0 Å². The fourth-order valence-electron chi connectivity index (χ4n) is 1.07. The Balaban J connectivity index is 3.00. The maximum absolute atomic E-state index is 13.2. The van der Waals surface area contributed by atoms with E-state index in [1.54, 1.807) is 0 Å². The van der Waals surface area contributed by atoms with Crippen molar-refractivity contribution in [3.63, 3.8) is 0 Å². The molecule has 1 atom stereocenters. The van der Waals surface area contributed by atoms with Gasteiger partial charge in [0.1, 0.15) is 17.7 Å². The van der Waals surface area contributed by atoms with E-state index in [1.165, 1.54) is 0 Å². The molecule has 3 N–H and O–H groups in total. The summed E-state index contributed by atoms with van der Waals surface area (Å²) >= 11 is 5.39. The minimum Gasteiger partial charge on any atom is -0.480 e. The molecule has 82 valence electrons. The normalized spacial score (nSPS) is 12.5. The summed E-state index contributed by atoms with van der Waals surface area (Å²) in [5.41, 5.74) is 4.79. The first-order chi connectivity index (χ1) is 6.91. The number of aliphatic carboxylic acids is 1. The number of carboxylic acids is 1. The number of benzene rings is 1. The Morgan fingerprint density at radius 3 is 2.33 bits per heavy atom. The number of rotatable bonds is 3. The number of carbonyl (C=O) groups is 1. The molecule has 1 unspecified atom stereocenters. The van der Waals surface area contributed by atoms with Crippen molar-refractivity contribution in [3.8, 4) is 0 Å². The van der Waals surface area contributed by atoms with Crippen molar-refractivity contribution in [3.05, 3.63) is 34.4 Å². The number of nitrogens with two attached hydrogens (primary N) is 1. The molecule has 0 aliphatic heterocycles. The molecule has 1 rings (SSSR count). The highest BCUT2D eigenvalue weighted by Gasteiger charge is 2.18. The Bertz CT molecular complexity index is 375. The van der Waals surface area contributed by atoms with Crippen LogP contribution in [0.2, 0.25) is 5.02 Å². The number of hydrogen-bond donors (Lipinski definition) is 2. The van der Waals surface area contributed by atoms with Crippen LogP contribution < -0.4 is 5.73 Å². The molecule has 0 fully saturated rings. The van der Waals surface area contributed by atoms with Crippen LogP contribution in [0.4, 0.5) is 8.78 Å². The molecular weight excluding hydrogens is 228 g/mol. The standard InChI is InChI=1S/C9H8ClF2NO2/c10-4-1-6(11)5(7(12)2-4)3-8(13)9(14)15/h1-2,8H,3,13H2,(H,14,15). The molecule has 3 nitrogen and oxygen atoms in total. The SMILES string of the molecule is NC(Cc1c(F)cc(Cl)cc1F)C(=O)O. The molecule has 15 heavy (non-hydrogen) atoms. The largest absolute Gasteiger partial charge is 0.480 e. The second kappa shape index (κ2) is 4.55. The van der Waals surface area contributed by atoms with E-state index in [4.69, 9.17) is 22.4 Å². The van der Waals surface area contributed by atoms with Gasteiger partial charge in [0.25, 0.3) is 0 Å². The zero-order valence-corrected chi connectivity index (χ0v) is 8.26. The van der Waals surface area contributed by atoms with Gasteiger partial charge in [-0.2, -0.15) is 0 Å². The summed E-state index contributed by atoms with van der Waals surface area (Å²) in [7, 11) is 0. The van der Waals surface area contributed by atoms with Crippen molar-refractivity contribution in [2.24, 2.45) is 5.73 Å². The van der Waals surface area contributed by atoms with Crippen LogP contribution in [0.5, 0.6) is 0 Å². The van der Waals surface area contributed by atoms with E-state index in [0.29, 0.717) is 0 Å². The van der Waals surface area contributed by atoms with Crippen LogP contribution in [0, 0.1) is 11.6 Å². The maximum atomic E-state index is 13.2. The second-order valence-electron chi connectivity index (χ2n) is 3.00. The minimum atomic E-state index is -1.34. The Labute approximate surface area is 89.5 Å². The quantitative estimate of drug-likeness (QED) is 0.836. The monoisotopic (exact) mass is 235 g/mol. The molecule has 0 aromatic heterocycles. The van der Waals surface area contributed by atoms with Gasteiger partial charge in [-0.3, -0.25) is 4.79 Å². The average Bonchev–Trinajstić information content (AvgIpc) is 2.10. The Morgan fingerprint density at radius 1 is 1.47 bits per heavy atom. The molecule has 1 aromatic carbocycles. The third kappa shape index (κ3) is 2.87. The Hall–Kier alpha value is -1.20. The molecule has 6 heteroatoms. The van der Waals surface area contributed by atoms with Crippen LogP contribution >= 0.6 is 11.6 Å². The van der Waals surface area contributed by atoms with E-state index < -0.39 is 30.1 Å². The van der Waals surface area contributed by atoms with Crippen molar-refractivity contribution >= 4 is 17.6 Å². The van der Waals surface area contributed by atoms with E-state index in [-0.39, 0.29) is 10.6 Å². The first kappa shape index (κ1) is 11.9. The summed E-state index contributed by atoms with van der Waals surface area (Å²) in [5, 5.41) is 8.40. The van der Waals surface area contributed by atoms with Gasteiger partial charge in [-0.05, 0) is 12.1 Å². The number of carboxylic acid groups (broad SMARTS) is 1. The van der Waals surface area contributed by atoms with Gasteiger partial charge in [-0.25, -0.2) is 8.78 Å². The summed E-state index contributed by atoms with van der Waals surface area (Å²) in [5.74, 6) is -3.10. The van der Waals surface area contributed by atoms with Crippen LogP contribution in [0.1, 0.15) is 5.56 Å². The van der Waals surface area contributed by atoms with Gasteiger partial charge >= 0.3 is 5.97 Å². The summed E-state index contributed by atoms with van der Waals surface area (Å²) in [6.45, 7) is 0. The highest BCUT2D eigenvalue weighted by atomic mass is 35.5.